The van der Waals surface area contributed by atoms with E-state index in [1.54, 1.807) is 16.3 Å². The first kappa shape index (κ1) is 13.9. The molecule has 1 heterocycles. The summed E-state index contributed by atoms with van der Waals surface area (Å²) >= 11 is 1.58. The number of fused-ring (bicyclic) bond motifs is 1. The summed E-state index contributed by atoms with van der Waals surface area (Å²) in [6.07, 6.45) is 0. The number of thioether (sulfide) groups is 1. The van der Waals surface area contributed by atoms with E-state index in [0.29, 0.717) is 5.56 Å². The summed E-state index contributed by atoms with van der Waals surface area (Å²) in [5.74, 6) is 0.851. The lowest BCUT2D eigenvalue weighted by Gasteiger charge is -2.07. The van der Waals surface area contributed by atoms with Gasteiger partial charge in [0.1, 0.15) is 0 Å². The van der Waals surface area contributed by atoms with Crippen molar-refractivity contribution in [3.05, 3.63) is 59.7 Å². The second kappa shape index (κ2) is 5.74. The fourth-order valence-corrected chi connectivity index (χ4v) is 2.98. The summed E-state index contributed by atoms with van der Waals surface area (Å²) in [5.41, 5.74) is 3.54. The minimum Gasteiger partial charge on any atom is -0.268 e. The predicted octanol–water partition coefficient (Wildman–Crippen LogP) is 4.15. The molecule has 0 unspecified atom stereocenters. The van der Waals surface area contributed by atoms with Crippen molar-refractivity contribution in [3.8, 4) is 0 Å². The Morgan fingerprint density at radius 2 is 1.86 bits per heavy atom. The second-order valence-corrected chi connectivity index (χ2v) is 6.05. The minimum absolute atomic E-state index is 0.0281. The molecule has 0 N–H and O–H groups in total. The average Bonchev–Trinajstić information content (AvgIpc) is 2.85. The highest BCUT2D eigenvalue weighted by Crippen LogP contribution is 2.25. The number of carbonyl (C=O) groups excluding carboxylic acids is 1. The van der Waals surface area contributed by atoms with Gasteiger partial charge in [0.05, 0.1) is 11.0 Å². The van der Waals surface area contributed by atoms with Gasteiger partial charge in [-0.25, -0.2) is 4.98 Å². The molecule has 0 amide bonds. The van der Waals surface area contributed by atoms with Crippen LogP contribution in [0.3, 0.4) is 0 Å². The molecule has 21 heavy (non-hydrogen) atoms. The summed E-state index contributed by atoms with van der Waals surface area (Å²) in [7, 11) is 0. The molecule has 0 radical (unpaired) electrons. The van der Waals surface area contributed by atoms with E-state index in [1.807, 2.05) is 55.5 Å². The van der Waals surface area contributed by atoms with Crippen molar-refractivity contribution in [2.75, 3.05) is 5.75 Å². The van der Waals surface area contributed by atoms with Crippen molar-refractivity contribution >= 4 is 28.7 Å². The van der Waals surface area contributed by atoms with E-state index in [2.05, 4.69) is 11.9 Å². The van der Waals surface area contributed by atoms with E-state index in [0.717, 1.165) is 27.5 Å². The SMILES string of the molecule is CCSc1nc2ccccc2n1C(=O)c1ccc(C)cc1. The van der Waals surface area contributed by atoms with Crippen molar-refractivity contribution < 1.29 is 4.79 Å². The molecule has 0 bridgehead atoms. The molecule has 4 heteroatoms. The fraction of sp³-hybridized carbons (Fsp3) is 0.176. The highest BCUT2D eigenvalue weighted by atomic mass is 32.2. The van der Waals surface area contributed by atoms with Crippen LogP contribution in [0.15, 0.2) is 53.7 Å². The smallest absolute Gasteiger partial charge is 0.264 e. The second-order valence-electron chi connectivity index (χ2n) is 4.82. The highest BCUT2D eigenvalue weighted by Gasteiger charge is 2.17. The molecular weight excluding hydrogens is 280 g/mol. The van der Waals surface area contributed by atoms with Gasteiger partial charge in [0.2, 0.25) is 0 Å². The Bertz CT molecular complexity index is 790. The number of rotatable bonds is 3. The van der Waals surface area contributed by atoms with E-state index in [9.17, 15) is 4.79 Å². The maximum atomic E-state index is 12.8. The van der Waals surface area contributed by atoms with Crippen molar-refractivity contribution in [1.29, 1.82) is 0 Å². The third kappa shape index (κ3) is 2.59. The Morgan fingerprint density at radius 3 is 2.57 bits per heavy atom. The number of carbonyl (C=O) groups is 1. The van der Waals surface area contributed by atoms with Crippen LogP contribution in [0.5, 0.6) is 0 Å². The lowest BCUT2D eigenvalue weighted by molar-refractivity contribution is 0.0955. The molecule has 0 fully saturated rings. The van der Waals surface area contributed by atoms with E-state index in [-0.39, 0.29) is 5.91 Å². The number of para-hydroxylation sites is 2. The van der Waals surface area contributed by atoms with Gasteiger partial charge in [-0.15, -0.1) is 0 Å². The first-order chi connectivity index (χ1) is 10.2. The lowest BCUT2D eigenvalue weighted by atomic mass is 10.1. The van der Waals surface area contributed by atoms with Gasteiger partial charge in [-0.05, 0) is 36.9 Å². The predicted molar refractivity (Wildman–Crippen MR) is 87.0 cm³/mol. The number of nitrogens with zero attached hydrogens (tertiary/aromatic N) is 2. The van der Waals surface area contributed by atoms with Crippen LogP contribution < -0.4 is 0 Å². The Labute approximate surface area is 128 Å². The van der Waals surface area contributed by atoms with Gasteiger partial charge in [0, 0.05) is 5.56 Å². The van der Waals surface area contributed by atoms with Crippen LogP contribution in [0, 0.1) is 6.92 Å². The third-order valence-electron chi connectivity index (χ3n) is 3.31. The Balaban J connectivity index is 2.15. The summed E-state index contributed by atoms with van der Waals surface area (Å²) in [5, 5.41) is 0.754. The molecule has 0 aliphatic heterocycles. The molecule has 0 saturated carbocycles. The molecule has 2 aromatic carbocycles. The molecule has 0 aliphatic rings. The van der Waals surface area contributed by atoms with Crippen LogP contribution in [-0.4, -0.2) is 21.2 Å². The zero-order valence-corrected chi connectivity index (χ0v) is 12.9. The van der Waals surface area contributed by atoms with Crippen LogP contribution in [0.25, 0.3) is 11.0 Å². The van der Waals surface area contributed by atoms with Crippen molar-refractivity contribution in [2.45, 2.75) is 19.0 Å². The van der Waals surface area contributed by atoms with Crippen molar-refractivity contribution in [3.63, 3.8) is 0 Å². The number of hydrogen-bond acceptors (Lipinski definition) is 3. The molecule has 0 spiro atoms. The van der Waals surface area contributed by atoms with Gasteiger partial charge in [0.15, 0.2) is 5.16 Å². The molecule has 0 aliphatic carbocycles. The molecule has 106 valence electrons. The van der Waals surface area contributed by atoms with Gasteiger partial charge in [-0.1, -0.05) is 48.5 Å². The molecule has 0 saturated heterocycles. The van der Waals surface area contributed by atoms with Gasteiger partial charge in [0.25, 0.3) is 5.91 Å². The first-order valence-corrected chi connectivity index (χ1v) is 7.91. The van der Waals surface area contributed by atoms with Gasteiger partial charge >= 0.3 is 0 Å². The van der Waals surface area contributed by atoms with E-state index < -0.39 is 0 Å². The maximum Gasteiger partial charge on any atom is 0.264 e. The average molecular weight is 296 g/mol. The third-order valence-corrected chi connectivity index (χ3v) is 4.13. The zero-order chi connectivity index (χ0) is 14.8. The molecular formula is C17H16N2OS. The quantitative estimate of drug-likeness (QED) is 0.681. The maximum absolute atomic E-state index is 12.8. The fourth-order valence-electron chi connectivity index (χ4n) is 2.25. The van der Waals surface area contributed by atoms with E-state index in [4.69, 9.17) is 0 Å². The van der Waals surface area contributed by atoms with Crippen molar-refractivity contribution in [1.82, 2.24) is 9.55 Å². The standard InChI is InChI=1S/C17H16N2OS/c1-3-21-17-18-14-6-4-5-7-15(14)19(17)16(20)13-10-8-12(2)9-11-13/h4-11H,3H2,1-2H3. The number of hydrogen-bond donors (Lipinski definition) is 0. The highest BCUT2D eigenvalue weighted by molar-refractivity contribution is 7.99. The largest absolute Gasteiger partial charge is 0.268 e. The molecule has 3 rings (SSSR count). The zero-order valence-electron chi connectivity index (χ0n) is 12.0. The molecule has 3 aromatic rings. The Hall–Kier alpha value is -2.07. The Morgan fingerprint density at radius 1 is 1.14 bits per heavy atom. The summed E-state index contributed by atoms with van der Waals surface area (Å²) in [6.45, 7) is 4.07. The van der Waals surface area contributed by atoms with E-state index in [1.165, 1.54) is 0 Å². The minimum atomic E-state index is -0.0281. The van der Waals surface area contributed by atoms with Gasteiger partial charge in [-0.3, -0.25) is 9.36 Å². The van der Waals surface area contributed by atoms with Gasteiger partial charge < -0.3 is 0 Å². The van der Waals surface area contributed by atoms with Crippen LogP contribution in [0.4, 0.5) is 0 Å². The number of aryl methyl sites for hydroxylation is 1. The van der Waals surface area contributed by atoms with E-state index >= 15 is 0 Å². The van der Waals surface area contributed by atoms with Crippen LogP contribution in [0.2, 0.25) is 0 Å². The first-order valence-electron chi connectivity index (χ1n) is 6.92. The molecule has 1 aromatic heterocycles. The number of aromatic nitrogens is 2. The summed E-state index contributed by atoms with van der Waals surface area (Å²) < 4.78 is 1.72. The normalized spacial score (nSPS) is 11.0. The number of imidazole rings is 1. The monoisotopic (exact) mass is 296 g/mol. The van der Waals surface area contributed by atoms with Crippen LogP contribution >= 0.6 is 11.8 Å². The van der Waals surface area contributed by atoms with Crippen LogP contribution in [-0.2, 0) is 0 Å². The summed E-state index contributed by atoms with van der Waals surface area (Å²) in [4.78, 5) is 17.4. The topological polar surface area (TPSA) is 34.9 Å². The lowest BCUT2D eigenvalue weighted by Crippen LogP contribution is -2.13. The molecule has 0 atom stereocenters. The summed E-state index contributed by atoms with van der Waals surface area (Å²) in [6, 6.07) is 15.4. The van der Waals surface area contributed by atoms with Crippen LogP contribution in [0.1, 0.15) is 22.8 Å². The van der Waals surface area contributed by atoms with Gasteiger partial charge in [-0.2, -0.15) is 0 Å². The molecule has 3 nitrogen and oxygen atoms in total. The Kier molecular flexibility index (Phi) is 3.80. The number of benzene rings is 2. The van der Waals surface area contributed by atoms with Crippen molar-refractivity contribution in [2.24, 2.45) is 0 Å².